The number of aliphatic hydroxyl groups is 1. The molecule has 0 fully saturated rings. The number of rotatable bonds is 6. The summed E-state index contributed by atoms with van der Waals surface area (Å²) >= 11 is 0. The van der Waals surface area contributed by atoms with Gasteiger partial charge in [0, 0.05) is 24.1 Å². The fourth-order valence-corrected chi connectivity index (χ4v) is 3.48. The van der Waals surface area contributed by atoms with Crippen molar-refractivity contribution in [1.82, 2.24) is 14.7 Å². The number of pyridine rings is 1. The molecule has 2 amide bonds. The Morgan fingerprint density at radius 2 is 1.75 bits per heavy atom. The molecule has 0 saturated heterocycles. The van der Waals surface area contributed by atoms with E-state index in [1.165, 1.54) is 0 Å². The van der Waals surface area contributed by atoms with Crippen LogP contribution in [0.1, 0.15) is 5.56 Å². The zero-order chi connectivity index (χ0) is 26.1. The molecular weight excluding hydrogens is 477 g/mol. The Balaban J connectivity index is 0.00000115. The highest BCUT2D eigenvalue weighted by atomic mass is 19.4. The van der Waals surface area contributed by atoms with Gasteiger partial charge in [-0.15, -0.1) is 0 Å². The van der Waals surface area contributed by atoms with Crippen molar-refractivity contribution >= 4 is 23.8 Å². The molecule has 0 aliphatic rings. The van der Waals surface area contributed by atoms with Crippen LogP contribution in [0.25, 0.3) is 28.0 Å². The lowest BCUT2D eigenvalue weighted by Gasteiger charge is -2.11. The van der Waals surface area contributed by atoms with E-state index in [2.05, 4.69) is 10.3 Å². The van der Waals surface area contributed by atoms with E-state index in [4.69, 9.17) is 15.0 Å². The Labute approximate surface area is 204 Å². The largest absolute Gasteiger partial charge is 0.483 e. The van der Waals surface area contributed by atoms with Gasteiger partial charge in [0.05, 0.1) is 11.9 Å². The van der Waals surface area contributed by atoms with Crippen molar-refractivity contribution in [1.29, 1.82) is 0 Å². The maximum atomic E-state index is 12.3. The number of fused-ring (bicyclic) bond motifs is 1. The quantitative estimate of drug-likeness (QED) is 0.289. The van der Waals surface area contributed by atoms with Crippen LogP contribution < -0.4 is 10.6 Å². The smallest absolute Gasteiger partial charge is 0.405 e. The lowest BCUT2D eigenvalue weighted by molar-refractivity contribution is -0.123. The van der Waals surface area contributed by atoms with Crippen LogP contribution in [0.3, 0.4) is 0 Å². The van der Waals surface area contributed by atoms with E-state index in [9.17, 15) is 18.0 Å². The minimum Gasteiger partial charge on any atom is -0.483 e. The van der Waals surface area contributed by atoms with Gasteiger partial charge in [-0.25, -0.2) is 9.78 Å². The van der Waals surface area contributed by atoms with Crippen LogP contribution in [0.2, 0.25) is 0 Å². The second-order valence-corrected chi connectivity index (χ2v) is 7.57. The van der Waals surface area contributed by atoms with E-state index in [0.29, 0.717) is 12.1 Å². The predicted molar refractivity (Wildman–Crippen MR) is 129 cm³/mol. The molecule has 0 radical (unpaired) electrons. The SMILES string of the molecule is O=C(NCC(F)(F)F)Nc1cccc(-c2cnc3cc(-c4ccc(CCO)cc4)ccn23)c1.O=CO. The average molecular weight is 500 g/mol. The molecule has 188 valence electrons. The molecule has 0 spiro atoms. The van der Waals surface area contributed by atoms with Crippen molar-refractivity contribution in [2.24, 2.45) is 0 Å². The molecule has 4 rings (SSSR count). The van der Waals surface area contributed by atoms with Crippen LogP contribution in [-0.4, -0.2) is 51.4 Å². The number of nitrogens with one attached hydrogen (secondary N) is 2. The van der Waals surface area contributed by atoms with Crippen molar-refractivity contribution in [3.05, 3.63) is 78.6 Å². The fraction of sp³-hybridized carbons (Fsp3) is 0.160. The topological polar surface area (TPSA) is 116 Å². The Kier molecular flexibility index (Phi) is 8.63. The Bertz CT molecular complexity index is 1320. The number of imidazole rings is 1. The van der Waals surface area contributed by atoms with Crippen LogP contribution in [0.5, 0.6) is 0 Å². The van der Waals surface area contributed by atoms with E-state index in [1.807, 2.05) is 53.1 Å². The number of carbonyl (C=O) groups is 2. The molecule has 11 heteroatoms. The molecule has 2 aromatic heterocycles. The lowest BCUT2D eigenvalue weighted by atomic mass is 10.0. The molecule has 0 aliphatic heterocycles. The average Bonchev–Trinajstić information content (AvgIpc) is 3.27. The summed E-state index contributed by atoms with van der Waals surface area (Å²) in [6.45, 7) is -1.55. The first kappa shape index (κ1) is 26.2. The summed E-state index contributed by atoms with van der Waals surface area (Å²) in [6.07, 6.45) is -0.270. The van der Waals surface area contributed by atoms with Crippen molar-refractivity contribution in [2.45, 2.75) is 12.6 Å². The van der Waals surface area contributed by atoms with Crippen LogP contribution in [0, 0.1) is 0 Å². The Morgan fingerprint density at radius 3 is 2.42 bits per heavy atom. The third kappa shape index (κ3) is 7.06. The normalized spacial score (nSPS) is 10.9. The third-order valence-corrected chi connectivity index (χ3v) is 5.07. The minimum absolute atomic E-state index is 0.108. The molecule has 2 aromatic carbocycles. The predicted octanol–water partition coefficient (Wildman–Crippen LogP) is 4.59. The Hall–Kier alpha value is -4.38. The van der Waals surface area contributed by atoms with Crippen molar-refractivity contribution in [3.63, 3.8) is 0 Å². The van der Waals surface area contributed by atoms with Gasteiger partial charge < -0.3 is 20.8 Å². The molecule has 4 aromatic rings. The van der Waals surface area contributed by atoms with Crippen LogP contribution in [-0.2, 0) is 11.2 Å². The monoisotopic (exact) mass is 500 g/mol. The van der Waals surface area contributed by atoms with Crippen molar-refractivity contribution in [2.75, 3.05) is 18.5 Å². The van der Waals surface area contributed by atoms with Gasteiger partial charge in [0.15, 0.2) is 0 Å². The van der Waals surface area contributed by atoms with Crippen molar-refractivity contribution in [3.8, 4) is 22.4 Å². The minimum atomic E-state index is -4.48. The van der Waals surface area contributed by atoms with Crippen LogP contribution >= 0.6 is 0 Å². The highest BCUT2D eigenvalue weighted by molar-refractivity contribution is 5.90. The molecule has 0 bridgehead atoms. The van der Waals surface area contributed by atoms with Gasteiger partial charge in [-0.3, -0.25) is 9.20 Å². The second-order valence-electron chi connectivity index (χ2n) is 7.57. The van der Waals surface area contributed by atoms with Gasteiger partial charge in [0.2, 0.25) is 0 Å². The fourth-order valence-electron chi connectivity index (χ4n) is 3.48. The summed E-state index contributed by atoms with van der Waals surface area (Å²) in [5.41, 5.74) is 5.69. The van der Waals surface area contributed by atoms with Crippen molar-refractivity contribution < 1.29 is 33.0 Å². The molecule has 0 aliphatic carbocycles. The number of urea groups is 1. The van der Waals surface area contributed by atoms with Gasteiger partial charge in [-0.05, 0) is 47.4 Å². The number of aliphatic hydroxyl groups excluding tert-OH is 1. The summed E-state index contributed by atoms with van der Waals surface area (Å²) in [6, 6.07) is 17.8. The molecule has 4 N–H and O–H groups in total. The third-order valence-electron chi connectivity index (χ3n) is 5.07. The Morgan fingerprint density at radius 1 is 1.03 bits per heavy atom. The van der Waals surface area contributed by atoms with Gasteiger partial charge in [0.25, 0.3) is 6.47 Å². The molecule has 0 saturated carbocycles. The summed E-state index contributed by atoms with van der Waals surface area (Å²) in [5, 5.41) is 20.1. The molecule has 36 heavy (non-hydrogen) atoms. The van der Waals surface area contributed by atoms with E-state index in [1.54, 1.807) is 29.7 Å². The van der Waals surface area contributed by atoms with Gasteiger partial charge in [-0.1, -0.05) is 36.4 Å². The van der Waals surface area contributed by atoms with Crippen LogP contribution in [0.4, 0.5) is 23.7 Å². The highest BCUT2D eigenvalue weighted by Gasteiger charge is 2.27. The number of aromatic nitrogens is 2. The van der Waals surface area contributed by atoms with Gasteiger partial charge >= 0.3 is 12.2 Å². The van der Waals surface area contributed by atoms with Gasteiger partial charge in [0.1, 0.15) is 12.2 Å². The van der Waals surface area contributed by atoms with E-state index >= 15 is 0 Å². The summed E-state index contributed by atoms with van der Waals surface area (Å²) in [4.78, 5) is 24.6. The molecule has 0 atom stereocenters. The van der Waals surface area contributed by atoms with E-state index in [-0.39, 0.29) is 13.1 Å². The number of amides is 2. The number of hydrogen-bond donors (Lipinski definition) is 4. The number of anilines is 1. The number of carbonyl (C=O) groups excluding carboxylic acids is 1. The molecular formula is C25H23F3N4O4. The zero-order valence-corrected chi connectivity index (χ0v) is 18.9. The maximum absolute atomic E-state index is 12.3. The summed E-state index contributed by atoms with van der Waals surface area (Å²) in [7, 11) is 0. The highest BCUT2D eigenvalue weighted by Crippen LogP contribution is 2.27. The number of alkyl halides is 3. The molecule has 8 nitrogen and oxygen atoms in total. The summed E-state index contributed by atoms with van der Waals surface area (Å²) < 4.78 is 38.7. The first-order valence-electron chi connectivity index (χ1n) is 10.7. The lowest BCUT2D eigenvalue weighted by Crippen LogP contribution is -2.36. The number of benzene rings is 2. The standard InChI is InChI=1S/C24H21F3N4O2.CH2O2/c25-24(26,27)15-29-23(33)30-20-3-1-2-19(12-20)21-14-28-22-13-18(8-10-31(21)22)17-6-4-16(5-7-17)9-11-32;2-1-3/h1-8,10,12-14,32H,9,11,15H2,(H2,29,30,33);1H,(H,2,3). The second kappa shape index (κ2) is 11.8. The first-order valence-corrected chi connectivity index (χ1v) is 10.7. The zero-order valence-electron chi connectivity index (χ0n) is 18.9. The molecule has 0 unspecified atom stereocenters. The van der Waals surface area contributed by atoms with Crippen LogP contribution in [0.15, 0.2) is 73.1 Å². The number of carboxylic acid groups (broad SMARTS) is 1. The number of hydrogen-bond acceptors (Lipinski definition) is 4. The number of halogens is 3. The van der Waals surface area contributed by atoms with E-state index < -0.39 is 18.8 Å². The first-order chi connectivity index (χ1) is 17.2. The summed E-state index contributed by atoms with van der Waals surface area (Å²) in [5.74, 6) is 0. The molecule has 2 heterocycles. The van der Waals surface area contributed by atoms with E-state index in [0.717, 1.165) is 33.6 Å². The van der Waals surface area contributed by atoms with Gasteiger partial charge in [-0.2, -0.15) is 13.2 Å². The maximum Gasteiger partial charge on any atom is 0.405 e. The number of nitrogens with zero attached hydrogens (tertiary/aromatic N) is 2.